The third-order valence-corrected chi connectivity index (χ3v) is 4.49. The predicted molar refractivity (Wildman–Crippen MR) is 77.2 cm³/mol. The van der Waals surface area contributed by atoms with Crippen LogP contribution in [0.3, 0.4) is 0 Å². The van der Waals surface area contributed by atoms with Crippen LogP contribution in [0.4, 0.5) is 0 Å². The van der Waals surface area contributed by atoms with Crippen LogP contribution in [0.15, 0.2) is 10.6 Å². The van der Waals surface area contributed by atoms with Crippen LogP contribution in [0.25, 0.3) is 0 Å². The van der Waals surface area contributed by atoms with Gasteiger partial charge in [0, 0.05) is 25.6 Å². The van der Waals surface area contributed by atoms with Gasteiger partial charge in [0.1, 0.15) is 5.76 Å². The van der Waals surface area contributed by atoms with Crippen molar-refractivity contribution in [2.45, 2.75) is 43.6 Å². The quantitative estimate of drug-likeness (QED) is 0.847. The second-order valence-corrected chi connectivity index (χ2v) is 6.25. The molecule has 1 aromatic heterocycles. The molecule has 2 N–H and O–H groups in total. The molecule has 7 nitrogen and oxygen atoms in total. The van der Waals surface area contributed by atoms with Crippen LogP contribution < -0.4 is 5.73 Å². The molecule has 2 fully saturated rings. The van der Waals surface area contributed by atoms with Gasteiger partial charge in [0.25, 0.3) is 5.91 Å². The van der Waals surface area contributed by atoms with Gasteiger partial charge in [0.05, 0.1) is 18.6 Å². The summed E-state index contributed by atoms with van der Waals surface area (Å²) in [6, 6.07) is 1.72. The number of carbonyl (C=O) groups is 2. The second kappa shape index (κ2) is 5.72. The van der Waals surface area contributed by atoms with E-state index in [1.54, 1.807) is 18.1 Å². The highest BCUT2D eigenvalue weighted by Crippen LogP contribution is 2.40. The molecule has 7 heteroatoms. The van der Waals surface area contributed by atoms with Crippen molar-refractivity contribution >= 4 is 11.8 Å². The highest BCUT2D eigenvalue weighted by Gasteiger charge is 2.46. The number of nitrogens with two attached hydrogens (primary N) is 1. The summed E-state index contributed by atoms with van der Waals surface area (Å²) in [6.45, 7) is 0.857. The number of likely N-dealkylation sites (tertiary alicyclic amines) is 1. The molecule has 1 saturated heterocycles. The SMILES string of the molecule is COCC1(CC(N)=O)CCCN1C(=O)c1cc(C2CC2)on1. The molecule has 2 amide bonds. The minimum Gasteiger partial charge on any atom is -0.382 e. The van der Waals surface area contributed by atoms with Gasteiger partial charge in [-0.05, 0) is 25.7 Å². The maximum absolute atomic E-state index is 12.8. The molecule has 0 bridgehead atoms. The van der Waals surface area contributed by atoms with Gasteiger partial charge in [0.15, 0.2) is 5.69 Å². The van der Waals surface area contributed by atoms with E-state index in [0.717, 1.165) is 25.0 Å². The number of nitrogens with zero attached hydrogens (tertiary/aromatic N) is 2. The first-order valence-corrected chi connectivity index (χ1v) is 7.61. The Bertz CT molecular complexity index is 581. The largest absolute Gasteiger partial charge is 0.382 e. The number of carbonyl (C=O) groups excluding carboxylic acids is 2. The summed E-state index contributed by atoms with van der Waals surface area (Å²) in [5.74, 6) is 0.527. The van der Waals surface area contributed by atoms with Crippen molar-refractivity contribution in [3.63, 3.8) is 0 Å². The fourth-order valence-corrected chi connectivity index (χ4v) is 3.32. The minimum absolute atomic E-state index is 0.0971. The minimum atomic E-state index is -0.670. The van der Waals surface area contributed by atoms with Crippen LogP contribution in [0.2, 0.25) is 0 Å². The molecule has 1 unspecified atom stereocenters. The van der Waals surface area contributed by atoms with Crippen molar-refractivity contribution in [2.75, 3.05) is 20.3 Å². The zero-order valence-corrected chi connectivity index (χ0v) is 12.7. The first-order chi connectivity index (χ1) is 10.6. The number of rotatable bonds is 6. The van der Waals surface area contributed by atoms with Crippen molar-refractivity contribution in [1.82, 2.24) is 10.1 Å². The molecule has 1 aromatic rings. The Kier molecular flexibility index (Phi) is 3.90. The summed E-state index contributed by atoms with van der Waals surface area (Å²) >= 11 is 0. The number of ether oxygens (including phenoxy) is 1. The molecule has 1 atom stereocenters. The molecule has 1 saturated carbocycles. The lowest BCUT2D eigenvalue weighted by atomic mass is 9.92. The van der Waals surface area contributed by atoms with Crippen molar-refractivity contribution < 1.29 is 18.8 Å². The topological polar surface area (TPSA) is 98.7 Å². The molecule has 0 radical (unpaired) electrons. The van der Waals surface area contributed by atoms with Crippen molar-refractivity contribution in [2.24, 2.45) is 5.73 Å². The molecule has 2 aliphatic rings. The molecule has 22 heavy (non-hydrogen) atoms. The number of aromatic nitrogens is 1. The van der Waals surface area contributed by atoms with Crippen LogP contribution in [0, 0.1) is 0 Å². The molecule has 0 aromatic carbocycles. The van der Waals surface area contributed by atoms with E-state index in [2.05, 4.69) is 5.16 Å². The molecule has 1 aliphatic carbocycles. The zero-order chi connectivity index (χ0) is 15.7. The van der Waals surface area contributed by atoms with Crippen molar-refractivity contribution in [3.8, 4) is 0 Å². The van der Waals surface area contributed by atoms with Gasteiger partial charge in [-0.1, -0.05) is 5.16 Å². The Balaban J connectivity index is 1.82. The number of primary amides is 1. The standard InChI is InChI=1S/C15H21N3O4/c1-21-9-15(8-13(16)19)5-2-6-18(15)14(20)11-7-12(22-17-11)10-3-4-10/h7,10H,2-6,8-9H2,1H3,(H2,16,19). The Morgan fingerprint density at radius 3 is 2.95 bits per heavy atom. The van der Waals surface area contributed by atoms with Gasteiger partial charge in [-0.25, -0.2) is 0 Å². The number of methoxy groups -OCH3 is 1. The molecular formula is C15H21N3O4. The lowest BCUT2D eigenvalue weighted by Gasteiger charge is -2.36. The van der Waals surface area contributed by atoms with E-state index >= 15 is 0 Å². The van der Waals surface area contributed by atoms with Crippen LogP contribution >= 0.6 is 0 Å². The fraction of sp³-hybridized carbons (Fsp3) is 0.667. The summed E-state index contributed by atoms with van der Waals surface area (Å²) < 4.78 is 10.5. The summed E-state index contributed by atoms with van der Waals surface area (Å²) in [5.41, 5.74) is 5.00. The highest BCUT2D eigenvalue weighted by atomic mass is 16.5. The lowest BCUT2D eigenvalue weighted by Crippen LogP contribution is -2.52. The van der Waals surface area contributed by atoms with E-state index in [1.807, 2.05) is 0 Å². The highest BCUT2D eigenvalue weighted by molar-refractivity contribution is 5.93. The van der Waals surface area contributed by atoms with Crippen molar-refractivity contribution in [3.05, 3.63) is 17.5 Å². The predicted octanol–water partition coefficient (Wildman–Crippen LogP) is 1.05. The smallest absolute Gasteiger partial charge is 0.276 e. The molecule has 120 valence electrons. The average Bonchev–Trinajstić information content (AvgIpc) is 3.06. The first kappa shape index (κ1) is 15.0. The fourth-order valence-electron chi connectivity index (χ4n) is 3.32. The first-order valence-electron chi connectivity index (χ1n) is 7.61. The third kappa shape index (κ3) is 2.72. The normalized spacial score (nSPS) is 24.7. The van der Waals surface area contributed by atoms with Crippen molar-refractivity contribution in [1.29, 1.82) is 0 Å². The van der Waals surface area contributed by atoms with E-state index in [9.17, 15) is 9.59 Å². The zero-order valence-electron chi connectivity index (χ0n) is 12.7. The summed E-state index contributed by atoms with van der Waals surface area (Å²) in [4.78, 5) is 25.9. The Labute approximate surface area is 128 Å². The Hall–Kier alpha value is -1.89. The summed E-state index contributed by atoms with van der Waals surface area (Å²) in [6.07, 6.45) is 3.78. The lowest BCUT2D eigenvalue weighted by molar-refractivity contribution is -0.121. The maximum atomic E-state index is 12.8. The van der Waals surface area contributed by atoms with Crippen LogP contribution in [0.5, 0.6) is 0 Å². The molecular weight excluding hydrogens is 286 g/mol. The van der Waals surface area contributed by atoms with Gasteiger partial charge in [-0.15, -0.1) is 0 Å². The Morgan fingerprint density at radius 2 is 2.32 bits per heavy atom. The summed E-state index contributed by atoms with van der Waals surface area (Å²) in [7, 11) is 1.56. The van der Waals surface area contributed by atoms with E-state index in [0.29, 0.717) is 24.6 Å². The number of amides is 2. The molecule has 2 heterocycles. The molecule has 1 aliphatic heterocycles. The maximum Gasteiger partial charge on any atom is 0.276 e. The van der Waals surface area contributed by atoms with E-state index in [4.69, 9.17) is 15.0 Å². The van der Waals surface area contributed by atoms with Gasteiger partial charge in [0.2, 0.25) is 5.91 Å². The van der Waals surface area contributed by atoms with Gasteiger partial charge < -0.3 is 19.9 Å². The Morgan fingerprint density at radius 1 is 1.55 bits per heavy atom. The number of hydrogen-bond donors (Lipinski definition) is 1. The van der Waals surface area contributed by atoms with E-state index < -0.39 is 11.4 Å². The van der Waals surface area contributed by atoms with Gasteiger partial charge in [-0.3, -0.25) is 9.59 Å². The van der Waals surface area contributed by atoms with Crippen LogP contribution in [-0.2, 0) is 9.53 Å². The van der Waals surface area contributed by atoms with Crippen LogP contribution in [-0.4, -0.2) is 47.7 Å². The molecule has 3 rings (SSSR count). The monoisotopic (exact) mass is 307 g/mol. The summed E-state index contributed by atoms with van der Waals surface area (Å²) in [5, 5.41) is 3.90. The van der Waals surface area contributed by atoms with E-state index in [1.165, 1.54) is 0 Å². The third-order valence-electron chi connectivity index (χ3n) is 4.49. The van der Waals surface area contributed by atoms with E-state index in [-0.39, 0.29) is 18.9 Å². The van der Waals surface area contributed by atoms with Gasteiger partial charge >= 0.3 is 0 Å². The van der Waals surface area contributed by atoms with Gasteiger partial charge in [-0.2, -0.15) is 0 Å². The molecule has 0 spiro atoms. The second-order valence-electron chi connectivity index (χ2n) is 6.25. The number of hydrogen-bond acceptors (Lipinski definition) is 5. The van der Waals surface area contributed by atoms with Crippen LogP contribution in [0.1, 0.15) is 54.3 Å². The average molecular weight is 307 g/mol.